The Labute approximate surface area is 208 Å². The largest absolute Gasteiger partial charge is 0.493 e. The third kappa shape index (κ3) is 12.0. The number of benzene rings is 2. The van der Waals surface area contributed by atoms with Gasteiger partial charge in [0.1, 0.15) is 0 Å². The van der Waals surface area contributed by atoms with Gasteiger partial charge in [0.2, 0.25) is 0 Å². The van der Waals surface area contributed by atoms with Crippen molar-refractivity contribution in [2.45, 2.75) is 38.5 Å². The minimum absolute atomic E-state index is 0. The van der Waals surface area contributed by atoms with E-state index in [4.69, 9.17) is 9.47 Å². The van der Waals surface area contributed by atoms with Crippen molar-refractivity contribution in [1.29, 1.82) is 0 Å². The van der Waals surface area contributed by atoms with Gasteiger partial charge in [-0.15, -0.1) is 24.8 Å². The zero-order valence-corrected chi connectivity index (χ0v) is 21.8. The van der Waals surface area contributed by atoms with Crippen LogP contribution in [-0.2, 0) is 12.8 Å². The highest BCUT2D eigenvalue weighted by atomic mass is 79.9. The lowest BCUT2D eigenvalue weighted by molar-refractivity contribution is 0.352. The third-order valence-electron chi connectivity index (χ3n) is 4.97. The molecule has 0 fully saturated rings. The fraction of sp³-hybridized carbons (Fsp3) is 0.500. The molecule has 0 aromatic heterocycles. The molecule has 0 amide bonds. The molecule has 31 heavy (non-hydrogen) atoms. The quantitative estimate of drug-likeness (QED) is 0.281. The van der Waals surface area contributed by atoms with Gasteiger partial charge in [-0.25, -0.2) is 0 Å². The van der Waals surface area contributed by atoms with Gasteiger partial charge in [-0.05, 0) is 91.1 Å². The predicted molar refractivity (Wildman–Crippen MR) is 140 cm³/mol. The molecular formula is C24H37BrCl2N2O2. The molecule has 4 nitrogen and oxygen atoms in total. The molecule has 0 unspecified atom stereocenters. The van der Waals surface area contributed by atoms with Crippen LogP contribution in [0.1, 0.15) is 36.8 Å². The predicted octanol–water partition coefficient (Wildman–Crippen LogP) is 5.83. The van der Waals surface area contributed by atoms with Gasteiger partial charge in [0, 0.05) is 0 Å². The van der Waals surface area contributed by atoms with E-state index in [1.807, 2.05) is 0 Å². The number of hydrogen-bond acceptors (Lipinski definition) is 4. The number of halogens is 3. The van der Waals surface area contributed by atoms with Gasteiger partial charge in [0.15, 0.2) is 11.5 Å². The highest BCUT2D eigenvalue weighted by Crippen LogP contribution is 2.36. The van der Waals surface area contributed by atoms with Crippen molar-refractivity contribution in [2.75, 3.05) is 40.4 Å². The van der Waals surface area contributed by atoms with Crippen molar-refractivity contribution in [1.82, 2.24) is 10.6 Å². The smallest absolute Gasteiger partial charge is 0.174 e. The molecule has 0 saturated heterocycles. The van der Waals surface area contributed by atoms with Crippen molar-refractivity contribution < 1.29 is 9.47 Å². The van der Waals surface area contributed by atoms with E-state index < -0.39 is 0 Å². The van der Waals surface area contributed by atoms with Crippen LogP contribution in [-0.4, -0.2) is 40.4 Å². The van der Waals surface area contributed by atoms with Crippen LogP contribution in [0.4, 0.5) is 0 Å². The summed E-state index contributed by atoms with van der Waals surface area (Å²) >= 11 is 3.55. The molecule has 0 radical (unpaired) electrons. The Morgan fingerprint density at radius 1 is 0.710 bits per heavy atom. The molecule has 0 aliphatic carbocycles. The fourth-order valence-corrected chi connectivity index (χ4v) is 3.98. The summed E-state index contributed by atoms with van der Waals surface area (Å²) in [5.41, 5.74) is 2.65. The minimum atomic E-state index is 0. The fourth-order valence-electron chi connectivity index (χ4n) is 3.33. The summed E-state index contributed by atoms with van der Waals surface area (Å²) in [6, 6.07) is 14.8. The number of methoxy groups -OCH3 is 2. The van der Waals surface area contributed by atoms with Crippen LogP contribution in [0.15, 0.2) is 46.9 Å². The van der Waals surface area contributed by atoms with Crippen LogP contribution >= 0.6 is 40.7 Å². The zero-order chi connectivity index (χ0) is 20.7. The third-order valence-corrected chi connectivity index (χ3v) is 5.56. The van der Waals surface area contributed by atoms with Crippen molar-refractivity contribution in [3.8, 4) is 11.5 Å². The summed E-state index contributed by atoms with van der Waals surface area (Å²) in [4.78, 5) is 0. The Morgan fingerprint density at radius 3 is 1.84 bits per heavy atom. The molecule has 0 aliphatic rings. The van der Waals surface area contributed by atoms with Crippen LogP contribution in [0.25, 0.3) is 0 Å². The molecule has 2 rings (SSSR count). The van der Waals surface area contributed by atoms with E-state index in [-0.39, 0.29) is 24.8 Å². The maximum atomic E-state index is 5.41. The lowest BCUT2D eigenvalue weighted by Crippen LogP contribution is -2.19. The summed E-state index contributed by atoms with van der Waals surface area (Å²) in [5.74, 6) is 1.52. The summed E-state index contributed by atoms with van der Waals surface area (Å²) in [6.07, 6.45) is 7.16. The Bertz CT molecular complexity index is 705. The van der Waals surface area contributed by atoms with E-state index in [1.54, 1.807) is 14.2 Å². The molecule has 0 spiro atoms. The molecule has 7 heteroatoms. The van der Waals surface area contributed by atoms with Gasteiger partial charge in [0.05, 0.1) is 18.7 Å². The van der Waals surface area contributed by atoms with E-state index in [9.17, 15) is 0 Å². The van der Waals surface area contributed by atoms with Crippen LogP contribution in [0.5, 0.6) is 11.5 Å². The van der Waals surface area contributed by atoms with Gasteiger partial charge < -0.3 is 20.1 Å². The zero-order valence-electron chi connectivity index (χ0n) is 18.6. The molecule has 0 bridgehead atoms. The van der Waals surface area contributed by atoms with Crippen LogP contribution < -0.4 is 20.1 Å². The average Bonchev–Trinajstić information content (AvgIpc) is 2.74. The second-order valence-corrected chi connectivity index (χ2v) is 8.07. The standard InChI is InChI=1S/C24H35BrN2O2.2ClH/c1-28-23-19-21(18-22(25)24(23)29-2)13-17-27-15-9-4-3-8-14-26-16-12-20-10-6-5-7-11-20;;/h5-7,10-11,18-19,26-27H,3-4,8-9,12-17H2,1-2H3;2*1H. The van der Waals surface area contributed by atoms with Gasteiger partial charge in [0.25, 0.3) is 0 Å². The molecule has 2 aromatic carbocycles. The van der Waals surface area contributed by atoms with Gasteiger partial charge >= 0.3 is 0 Å². The topological polar surface area (TPSA) is 42.5 Å². The first-order valence-corrected chi connectivity index (χ1v) is 11.4. The molecule has 2 N–H and O–H groups in total. The van der Waals surface area contributed by atoms with E-state index in [0.29, 0.717) is 0 Å². The van der Waals surface area contributed by atoms with Crippen molar-refractivity contribution in [3.05, 3.63) is 58.1 Å². The Balaban J connectivity index is 0.00000450. The first-order valence-electron chi connectivity index (χ1n) is 10.6. The van der Waals surface area contributed by atoms with E-state index in [2.05, 4.69) is 69.0 Å². The van der Waals surface area contributed by atoms with Crippen molar-refractivity contribution in [3.63, 3.8) is 0 Å². The molecule has 176 valence electrons. The SMILES string of the molecule is COc1cc(CCNCCCCCCNCCc2ccccc2)cc(Br)c1OC.Cl.Cl. The Morgan fingerprint density at radius 2 is 1.29 bits per heavy atom. The first kappa shape index (κ1) is 30.0. The molecule has 0 aliphatic heterocycles. The minimum Gasteiger partial charge on any atom is -0.493 e. The molecule has 0 saturated carbocycles. The number of hydrogen-bond donors (Lipinski definition) is 2. The molecule has 2 aromatic rings. The van der Waals surface area contributed by atoms with Crippen LogP contribution in [0.3, 0.4) is 0 Å². The second kappa shape index (κ2) is 18.6. The lowest BCUT2D eigenvalue weighted by Gasteiger charge is -2.12. The maximum absolute atomic E-state index is 5.41. The van der Waals surface area contributed by atoms with Crippen LogP contribution in [0, 0.1) is 0 Å². The monoisotopic (exact) mass is 534 g/mol. The summed E-state index contributed by atoms with van der Waals surface area (Å²) in [5, 5.41) is 7.09. The summed E-state index contributed by atoms with van der Waals surface area (Å²) < 4.78 is 11.7. The maximum Gasteiger partial charge on any atom is 0.174 e. The number of nitrogens with one attached hydrogen (secondary N) is 2. The van der Waals surface area contributed by atoms with E-state index in [0.717, 1.165) is 55.0 Å². The van der Waals surface area contributed by atoms with Gasteiger partial charge in [-0.1, -0.05) is 43.2 Å². The van der Waals surface area contributed by atoms with Gasteiger partial charge in [-0.3, -0.25) is 0 Å². The molecule has 0 heterocycles. The van der Waals surface area contributed by atoms with Crippen LogP contribution in [0.2, 0.25) is 0 Å². The second-order valence-electron chi connectivity index (χ2n) is 7.21. The average molecular weight is 536 g/mol. The normalized spacial score (nSPS) is 10.2. The first-order chi connectivity index (χ1) is 14.2. The lowest BCUT2D eigenvalue weighted by atomic mass is 10.1. The number of unbranched alkanes of at least 4 members (excludes halogenated alkanes) is 3. The molecular weight excluding hydrogens is 499 g/mol. The van der Waals surface area contributed by atoms with E-state index >= 15 is 0 Å². The highest BCUT2D eigenvalue weighted by Gasteiger charge is 2.10. The summed E-state index contributed by atoms with van der Waals surface area (Å²) in [6.45, 7) is 4.24. The van der Waals surface area contributed by atoms with Crippen molar-refractivity contribution in [2.24, 2.45) is 0 Å². The highest BCUT2D eigenvalue weighted by molar-refractivity contribution is 9.10. The summed E-state index contributed by atoms with van der Waals surface area (Å²) in [7, 11) is 3.33. The van der Waals surface area contributed by atoms with E-state index in [1.165, 1.54) is 36.8 Å². The Kier molecular flexibility index (Phi) is 18.0. The van der Waals surface area contributed by atoms with Crippen molar-refractivity contribution >= 4 is 40.7 Å². The molecule has 0 atom stereocenters. The number of rotatable bonds is 15. The van der Waals surface area contributed by atoms with Gasteiger partial charge in [-0.2, -0.15) is 0 Å². The number of ether oxygens (including phenoxy) is 2. The Hall–Kier alpha value is -0.980.